The molecule has 0 unspecified atom stereocenters. The minimum atomic E-state index is 0.711. The van der Waals surface area contributed by atoms with E-state index in [1.165, 1.54) is 12.8 Å². The van der Waals surface area contributed by atoms with E-state index in [0.29, 0.717) is 5.02 Å². The van der Waals surface area contributed by atoms with Crippen molar-refractivity contribution < 1.29 is 4.74 Å². The smallest absolute Gasteiger partial charge is 0.141 e. The van der Waals surface area contributed by atoms with Crippen LogP contribution < -0.4 is 4.74 Å². The minimum absolute atomic E-state index is 0.711. The maximum atomic E-state index is 6.07. The molecular formula is C11H12BrClO. The summed E-state index contributed by atoms with van der Waals surface area (Å²) in [5, 5.41) is 1.50. The summed E-state index contributed by atoms with van der Waals surface area (Å²) < 4.78 is 5.72. The van der Waals surface area contributed by atoms with Gasteiger partial charge in [-0.1, -0.05) is 39.7 Å². The Kier molecular flexibility index (Phi) is 3.34. The third-order valence-corrected chi connectivity index (χ3v) is 3.25. The van der Waals surface area contributed by atoms with Gasteiger partial charge in [0.25, 0.3) is 0 Å². The highest BCUT2D eigenvalue weighted by Gasteiger charge is 2.22. The van der Waals surface area contributed by atoms with Gasteiger partial charge in [-0.25, -0.2) is 0 Å². The molecule has 0 heterocycles. The van der Waals surface area contributed by atoms with E-state index in [0.717, 1.165) is 29.2 Å². The quantitative estimate of drug-likeness (QED) is 0.754. The van der Waals surface area contributed by atoms with Crippen LogP contribution >= 0.6 is 27.5 Å². The fraction of sp³-hybridized carbons (Fsp3) is 0.455. The van der Waals surface area contributed by atoms with Gasteiger partial charge in [0, 0.05) is 10.9 Å². The molecule has 0 spiro atoms. The van der Waals surface area contributed by atoms with Crippen molar-refractivity contribution in [3.63, 3.8) is 0 Å². The zero-order valence-electron chi connectivity index (χ0n) is 7.80. The van der Waals surface area contributed by atoms with E-state index in [2.05, 4.69) is 15.9 Å². The standard InChI is InChI=1S/C11H12BrClO/c12-6-9-2-1-3-10(13)11(9)14-7-8-4-5-8/h1-3,8H,4-7H2. The first-order valence-electron chi connectivity index (χ1n) is 4.77. The average molecular weight is 276 g/mol. The number of halogens is 2. The number of alkyl halides is 1. The molecule has 0 amide bonds. The summed E-state index contributed by atoms with van der Waals surface area (Å²) in [6.45, 7) is 0.809. The first-order chi connectivity index (χ1) is 6.81. The van der Waals surface area contributed by atoms with Gasteiger partial charge in [-0.15, -0.1) is 0 Å². The van der Waals surface area contributed by atoms with Gasteiger partial charge in [0.15, 0.2) is 0 Å². The van der Waals surface area contributed by atoms with Crippen LogP contribution in [0.3, 0.4) is 0 Å². The molecule has 0 bridgehead atoms. The van der Waals surface area contributed by atoms with E-state index in [1.54, 1.807) is 0 Å². The predicted octanol–water partition coefficient (Wildman–Crippen LogP) is 4.02. The number of ether oxygens (including phenoxy) is 1. The van der Waals surface area contributed by atoms with Crippen molar-refractivity contribution in [1.82, 2.24) is 0 Å². The SMILES string of the molecule is Clc1cccc(CBr)c1OCC1CC1. The third-order valence-electron chi connectivity index (χ3n) is 2.35. The highest BCUT2D eigenvalue weighted by molar-refractivity contribution is 9.08. The van der Waals surface area contributed by atoms with Crippen molar-refractivity contribution in [1.29, 1.82) is 0 Å². The van der Waals surface area contributed by atoms with Crippen LogP contribution in [0.5, 0.6) is 5.75 Å². The van der Waals surface area contributed by atoms with Crippen LogP contribution in [0.25, 0.3) is 0 Å². The first kappa shape index (κ1) is 10.3. The van der Waals surface area contributed by atoms with Crippen molar-refractivity contribution in [2.24, 2.45) is 5.92 Å². The Morgan fingerprint density at radius 1 is 1.43 bits per heavy atom. The van der Waals surface area contributed by atoms with Crippen LogP contribution in [-0.4, -0.2) is 6.61 Å². The Morgan fingerprint density at radius 2 is 2.21 bits per heavy atom. The van der Waals surface area contributed by atoms with Gasteiger partial charge in [-0.05, 0) is 24.8 Å². The molecule has 0 radical (unpaired) electrons. The summed E-state index contributed by atoms with van der Waals surface area (Å²) in [6, 6.07) is 5.85. The van der Waals surface area contributed by atoms with Crippen LogP contribution in [0.1, 0.15) is 18.4 Å². The normalized spacial score (nSPS) is 15.6. The lowest BCUT2D eigenvalue weighted by Gasteiger charge is -2.10. The average Bonchev–Trinajstić information content (AvgIpc) is 2.99. The van der Waals surface area contributed by atoms with E-state index in [-0.39, 0.29) is 0 Å². The Hall–Kier alpha value is -0.210. The molecular weight excluding hydrogens is 263 g/mol. The molecule has 0 saturated heterocycles. The van der Waals surface area contributed by atoms with Gasteiger partial charge in [0.2, 0.25) is 0 Å². The lowest BCUT2D eigenvalue weighted by molar-refractivity contribution is 0.298. The summed E-state index contributed by atoms with van der Waals surface area (Å²) >= 11 is 9.49. The van der Waals surface area contributed by atoms with Crippen molar-refractivity contribution in [2.75, 3.05) is 6.61 Å². The van der Waals surface area contributed by atoms with Gasteiger partial charge in [-0.3, -0.25) is 0 Å². The second-order valence-corrected chi connectivity index (χ2v) is 4.58. The third kappa shape index (κ3) is 2.43. The lowest BCUT2D eigenvalue weighted by Crippen LogP contribution is -2.01. The monoisotopic (exact) mass is 274 g/mol. The second kappa shape index (κ2) is 4.54. The lowest BCUT2D eigenvalue weighted by atomic mass is 10.2. The van der Waals surface area contributed by atoms with E-state index in [1.807, 2.05) is 18.2 Å². The summed E-state index contributed by atoms with van der Waals surface area (Å²) in [5.74, 6) is 1.60. The second-order valence-electron chi connectivity index (χ2n) is 3.62. The molecule has 0 aromatic heterocycles. The molecule has 14 heavy (non-hydrogen) atoms. The Bertz CT molecular complexity index is 323. The van der Waals surface area contributed by atoms with E-state index in [4.69, 9.17) is 16.3 Å². The Labute approximate surface area is 97.5 Å². The molecule has 1 fully saturated rings. The zero-order chi connectivity index (χ0) is 9.97. The van der Waals surface area contributed by atoms with Crippen LogP contribution in [0.4, 0.5) is 0 Å². The maximum absolute atomic E-state index is 6.07. The first-order valence-corrected chi connectivity index (χ1v) is 6.27. The van der Waals surface area contributed by atoms with E-state index < -0.39 is 0 Å². The molecule has 1 nitrogen and oxygen atoms in total. The van der Waals surface area contributed by atoms with Gasteiger partial charge in [0.05, 0.1) is 11.6 Å². The topological polar surface area (TPSA) is 9.23 Å². The van der Waals surface area contributed by atoms with Gasteiger partial charge in [0.1, 0.15) is 5.75 Å². The van der Waals surface area contributed by atoms with Gasteiger partial charge < -0.3 is 4.74 Å². The molecule has 1 saturated carbocycles. The molecule has 1 aromatic rings. The number of rotatable bonds is 4. The van der Waals surface area contributed by atoms with Crippen LogP contribution in [0.2, 0.25) is 5.02 Å². The van der Waals surface area contributed by atoms with Crippen molar-refractivity contribution in [3.8, 4) is 5.75 Å². The Balaban J connectivity index is 2.11. The highest BCUT2D eigenvalue weighted by Crippen LogP contribution is 2.34. The van der Waals surface area contributed by atoms with Crippen molar-refractivity contribution in [3.05, 3.63) is 28.8 Å². The van der Waals surface area contributed by atoms with Gasteiger partial charge >= 0.3 is 0 Å². The fourth-order valence-corrected chi connectivity index (χ4v) is 2.00. The van der Waals surface area contributed by atoms with Crippen LogP contribution in [-0.2, 0) is 5.33 Å². The molecule has 1 aliphatic carbocycles. The van der Waals surface area contributed by atoms with Crippen LogP contribution in [0, 0.1) is 5.92 Å². The molecule has 1 aromatic carbocycles. The molecule has 76 valence electrons. The number of benzene rings is 1. The summed E-state index contributed by atoms with van der Waals surface area (Å²) in [5.41, 5.74) is 1.12. The van der Waals surface area contributed by atoms with Crippen molar-refractivity contribution in [2.45, 2.75) is 18.2 Å². The van der Waals surface area contributed by atoms with Crippen LogP contribution in [0.15, 0.2) is 18.2 Å². The van der Waals surface area contributed by atoms with E-state index >= 15 is 0 Å². The molecule has 0 N–H and O–H groups in total. The predicted molar refractivity (Wildman–Crippen MR) is 62.3 cm³/mol. The van der Waals surface area contributed by atoms with Crippen molar-refractivity contribution >= 4 is 27.5 Å². The Morgan fingerprint density at radius 3 is 2.86 bits per heavy atom. The highest BCUT2D eigenvalue weighted by atomic mass is 79.9. The summed E-state index contributed by atoms with van der Waals surface area (Å²) in [6.07, 6.45) is 2.60. The zero-order valence-corrected chi connectivity index (χ0v) is 10.1. The number of para-hydroxylation sites is 1. The number of hydrogen-bond acceptors (Lipinski definition) is 1. The largest absolute Gasteiger partial charge is 0.491 e. The summed E-state index contributed by atoms with van der Waals surface area (Å²) in [7, 11) is 0. The molecule has 3 heteroatoms. The fourth-order valence-electron chi connectivity index (χ4n) is 1.31. The number of hydrogen-bond donors (Lipinski definition) is 0. The van der Waals surface area contributed by atoms with Gasteiger partial charge in [-0.2, -0.15) is 0 Å². The molecule has 0 aliphatic heterocycles. The summed E-state index contributed by atoms with van der Waals surface area (Å²) in [4.78, 5) is 0. The van der Waals surface area contributed by atoms with E-state index in [9.17, 15) is 0 Å². The molecule has 0 atom stereocenters. The molecule has 1 aliphatic rings. The molecule has 2 rings (SSSR count). The maximum Gasteiger partial charge on any atom is 0.141 e. The minimum Gasteiger partial charge on any atom is -0.491 e.